The number of fused-ring (bicyclic) bond motifs is 1. The highest BCUT2D eigenvalue weighted by Gasteiger charge is 2.25. The van der Waals surface area contributed by atoms with Gasteiger partial charge in [0, 0.05) is 31.9 Å². The molecule has 0 fully saturated rings. The number of allylic oxidation sites excluding steroid dienone is 2. The van der Waals surface area contributed by atoms with Crippen molar-refractivity contribution in [1.29, 1.82) is 0 Å². The summed E-state index contributed by atoms with van der Waals surface area (Å²) in [6.45, 7) is 1.54. The molecule has 0 radical (unpaired) electrons. The van der Waals surface area contributed by atoms with Crippen LogP contribution in [0.3, 0.4) is 0 Å². The first kappa shape index (κ1) is 17.1. The van der Waals surface area contributed by atoms with Crippen LogP contribution in [0.15, 0.2) is 54.7 Å². The Morgan fingerprint density at radius 2 is 1.72 bits per heavy atom. The van der Waals surface area contributed by atoms with Crippen molar-refractivity contribution in [3.05, 3.63) is 71.6 Å². The summed E-state index contributed by atoms with van der Waals surface area (Å²) in [5.41, 5.74) is 4.74. The second-order valence-electron chi connectivity index (χ2n) is 6.49. The lowest BCUT2D eigenvalue weighted by Gasteiger charge is -2.20. The fourth-order valence-electron chi connectivity index (χ4n) is 2.85. The van der Waals surface area contributed by atoms with Crippen LogP contribution in [-0.2, 0) is 4.79 Å². The van der Waals surface area contributed by atoms with Crippen LogP contribution in [0.1, 0.15) is 16.8 Å². The molecule has 0 unspecified atom stereocenters. The van der Waals surface area contributed by atoms with E-state index in [0.29, 0.717) is 6.54 Å². The van der Waals surface area contributed by atoms with Gasteiger partial charge in [0.25, 0.3) is 5.91 Å². The van der Waals surface area contributed by atoms with E-state index in [2.05, 4.69) is 16.0 Å². The molecule has 0 spiro atoms. The Morgan fingerprint density at radius 3 is 2.40 bits per heavy atom. The molecule has 25 heavy (non-hydrogen) atoms. The number of benzene rings is 1. The molecule has 1 heterocycles. The van der Waals surface area contributed by atoms with Crippen LogP contribution in [0.25, 0.3) is 17.2 Å². The minimum Gasteiger partial charge on any atom is -0.340 e. The Bertz CT molecular complexity index is 822. The molecule has 1 amide bonds. The van der Waals surface area contributed by atoms with E-state index in [1.54, 1.807) is 11.1 Å². The number of carbonyl (C=O) groups is 1. The van der Waals surface area contributed by atoms with Crippen molar-refractivity contribution in [2.45, 2.75) is 0 Å². The summed E-state index contributed by atoms with van der Waals surface area (Å²) >= 11 is 0. The molecule has 0 saturated carbocycles. The number of hydrogen-bond donors (Lipinski definition) is 0. The van der Waals surface area contributed by atoms with Gasteiger partial charge in [0.05, 0.1) is 5.69 Å². The van der Waals surface area contributed by atoms with Crippen LogP contribution in [0, 0.1) is 0 Å². The zero-order valence-electron chi connectivity index (χ0n) is 14.9. The molecular formula is C21H23N3O. The predicted octanol–water partition coefficient (Wildman–Crippen LogP) is 3.04. The Labute approximate surface area is 149 Å². The second kappa shape index (κ2) is 7.45. The van der Waals surface area contributed by atoms with E-state index in [4.69, 9.17) is 0 Å². The van der Waals surface area contributed by atoms with E-state index in [1.165, 1.54) is 0 Å². The summed E-state index contributed by atoms with van der Waals surface area (Å²) in [7, 11) is 5.88. The standard InChI is InChI=1S/C21H23N3O/c1-23(2)12-13-24(3)21(25)20-15-16(14-17-8-6-7-11-22-17)18-9-4-5-10-19(18)20/h4-11,14-15H,12-13H2,1-3H3/b16-14+. The third kappa shape index (κ3) is 3.86. The van der Waals surface area contributed by atoms with Crippen LogP contribution < -0.4 is 0 Å². The number of aromatic nitrogens is 1. The molecule has 1 aliphatic rings. The predicted molar refractivity (Wildman–Crippen MR) is 103 cm³/mol. The molecular weight excluding hydrogens is 310 g/mol. The molecule has 1 aromatic carbocycles. The van der Waals surface area contributed by atoms with Crippen molar-refractivity contribution < 1.29 is 4.79 Å². The molecule has 2 aromatic rings. The van der Waals surface area contributed by atoms with E-state index in [0.717, 1.165) is 34.5 Å². The highest BCUT2D eigenvalue weighted by molar-refractivity contribution is 6.26. The van der Waals surface area contributed by atoms with Gasteiger partial charge in [0.1, 0.15) is 0 Å². The van der Waals surface area contributed by atoms with Crippen LogP contribution in [-0.4, -0.2) is 54.9 Å². The maximum atomic E-state index is 12.9. The molecule has 1 aromatic heterocycles. The molecule has 1 aliphatic carbocycles. The molecule has 0 aliphatic heterocycles. The van der Waals surface area contributed by atoms with E-state index >= 15 is 0 Å². The first-order valence-corrected chi connectivity index (χ1v) is 8.40. The normalized spacial score (nSPS) is 14.6. The molecule has 0 atom stereocenters. The maximum Gasteiger partial charge on any atom is 0.254 e. The smallest absolute Gasteiger partial charge is 0.254 e. The van der Waals surface area contributed by atoms with E-state index in [9.17, 15) is 4.79 Å². The lowest BCUT2D eigenvalue weighted by Crippen LogP contribution is -2.33. The zero-order valence-corrected chi connectivity index (χ0v) is 14.9. The fourth-order valence-corrected chi connectivity index (χ4v) is 2.85. The van der Waals surface area contributed by atoms with E-state index in [-0.39, 0.29) is 5.91 Å². The molecule has 4 heteroatoms. The topological polar surface area (TPSA) is 36.4 Å². The van der Waals surface area contributed by atoms with Crippen LogP contribution >= 0.6 is 0 Å². The second-order valence-corrected chi connectivity index (χ2v) is 6.49. The van der Waals surface area contributed by atoms with Crippen molar-refractivity contribution in [3.63, 3.8) is 0 Å². The first-order valence-electron chi connectivity index (χ1n) is 8.40. The SMILES string of the molecule is CN(C)CCN(C)C(=O)C1=C/C(=C\c2ccccn2)c2ccccc21. The van der Waals surface area contributed by atoms with E-state index < -0.39 is 0 Å². The largest absolute Gasteiger partial charge is 0.340 e. The number of carbonyl (C=O) groups excluding carboxylic acids is 1. The Morgan fingerprint density at radius 1 is 1.00 bits per heavy atom. The van der Waals surface area contributed by atoms with Gasteiger partial charge in [-0.15, -0.1) is 0 Å². The molecule has 3 rings (SSSR count). The molecule has 0 N–H and O–H groups in total. The number of amides is 1. The van der Waals surface area contributed by atoms with Gasteiger partial charge >= 0.3 is 0 Å². The highest BCUT2D eigenvalue weighted by atomic mass is 16.2. The summed E-state index contributed by atoms with van der Waals surface area (Å²) in [6, 6.07) is 13.9. The average molecular weight is 333 g/mol. The molecule has 0 saturated heterocycles. The lowest BCUT2D eigenvalue weighted by molar-refractivity contribution is -0.123. The minimum atomic E-state index is 0.0544. The summed E-state index contributed by atoms with van der Waals surface area (Å²) < 4.78 is 0. The highest BCUT2D eigenvalue weighted by Crippen LogP contribution is 2.36. The van der Waals surface area contributed by atoms with Gasteiger partial charge in [-0.3, -0.25) is 9.78 Å². The maximum absolute atomic E-state index is 12.9. The van der Waals surface area contributed by atoms with Gasteiger partial charge < -0.3 is 9.80 Å². The summed E-state index contributed by atoms with van der Waals surface area (Å²) in [5, 5.41) is 0. The number of likely N-dealkylation sites (N-methyl/N-ethyl adjacent to an activating group) is 2. The fraction of sp³-hybridized carbons (Fsp3) is 0.238. The average Bonchev–Trinajstić information content (AvgIpc) is 2.98. The van der Waals surface area contributed by atoms with Crippen molar-refractivity contribution in [3.8, 4) is 0 Å². The number of rotatable bonds is 5. The number of nitrogens with zero attached hydrogens (tertiary/aromatic N) is 3. The lowest BCUT2D eigenvalue weighted by atomic mass is 10.0. The van der Waals surface area contributed by atoms with Gasteiger partial charge in [0.2, 0.25) is 0 Å². The van der Waals surface area contributed by atoms with Crippen molar-refractivity contribution >= 4 is 23.1 Å². The Balaban J connectivity index is 1.93. The number of pyridine rings is 1. The third-order valence-electron chi connectivity index (χ3n) is 4.28. The summed E-state index contributed by atoms with van der Waals surface area (Å²) in [6.07, 6.45) is 5.78. The first-order chi connectivity index (χ1) is 12.1. The van der Waals surface area contributed by atoms with Gasteiger partial charge in [-0.2, -0.15) is 0 Å². The minimum absolute atomic E-state index is 0.0544. The summed E-state index contributed by atoms with van der Waals surface area (Å²) in [4.78, 5) is 21.1. The molecule has 0 bridgehead atoms. The molecule has 128 valence electrons. The zero-order chi connectivity index (χ0) is 17.8. The van der Waals surface area contributed by atoms with Crippen LogP contribution in [0.2, 0.25) is 0 Å². The van der Waals surface area contributed by atoms with Gasteiger partial charge in [0.15, 0.2) is 0 Å². The Kier molecular flexibility index (Phi) is 5.10. The van der Waals surface area contributed by atoms with Gasteiger partial charge in [-0.25, -0.2) is 0 Å². The Hall–Kier alpha value is -2.72. The van der Waals surface area contributed by atoms with Crippen molar-refractivity contribution in [1.82, 2.24) is 14.8 Å². The van der Waals surface area contributed by atoms with Crippen LogP contribution in [0.4, 0.5) is 0 Å². The van der Waals surface area contributed by atoms with Crippen molar-refractivity contribution in [2.75, 3.05) is 34.2 Å². The van der Waals surface area contributed by atoms with Crippen LogP contribution in [0.5, 0.6) is 0 Å². The number of hydrogen-bond acceptors (Lipinski definition) is 3. The van der Waals surface area contributed by atoms with Crippen molar-refractivity contribution in [2.24, 2.45) is 0 Å². The quantitative estimate of drug-likeness (QED) is 0.844. The summed E-state index contributed by atoms with van der Waals surface area (Å²) in [5.74, 6) is 0.0544. The van der Waals surface area contributed by atoms with E-state index in [1.807, 2.05) is 69.7 Å². The van der Waals surface area contributed by atoms with Gasteiger partial charge in [-0.1, -0.05) is 30.3 Å². The van der Waals surface area contributed by atoms with Gasteiger partial charge in [-0.05, 0) is 55.1 Å². The molecule has 4 nitrogen and oxygen atoms in total. The monoisotopic (exact) mass is 333 g/mol. The third-order valence-corrected chi connectivity index (χ3v) is 4.28.